The van der Waals surface area contributed by atoms with Crippen molar-refractivity contribution in [2.75, 3.05) is 13.1 Å². The Balaban J connectivity index is 0.00000162. The highest BCUT2D eigenvalue weighted by Gasteiger charge is 2.34. The zero-order valence-corrected chi connectivity index (χ0v) is 11.8. The number of likely N-dealkylation sites (tertiary alicyclic amines) is 1. The Morgan fingerprint density at radius 1 is 1.56 bits per heavy atom. The zero-order chi connectivity index (χ0) is 12.6. The van der Waals surface area contributed by atoms with E-state index in [0.717, 1.165) is 13.0 Å². The molecule has 0 aromatic carbocycles. The third-order valence-electron chi connectivity index (χ3n) is 3.50. The van der Waals surface area contributed by atoms with Crippen LogP contribution in [0, 0.1) is 19.8 Å². The Morgan fingerprint density at radius 3 is 2.67 bits per heavy atom. The number of rotatable bonds is 2. The fourth-order valence-electron chi connectivity index (χ4n) is 2.53. The SMILES string of the molecule is Cc1noc(C)c1C(=O)N1CC(CN)CC1C.Cl. The van der Waals surface area contributed by atoms with Crippen molar-refractivity contribution in [3.05, 3.63) is 17.0 Å². The second kappa shape index (κ2) is 5.71. The Labute approximate surface area is 113 Å². The summed E-state index contributed by atoms with van der Waals surface area (Å²) < 4.78 is 5.04. The van der Waals surface area contributed by atoms with E-state index in [9.17, 15) is 4.79 Å². The van der Waals surface area contributed by atoms with E-state index in [4.69, 9.17) is 10.3 Å². The fourth-order valence-corrected chi connectivity index (χ4v) is 2.53. The van der Waals surface area contributed by atoms with Gasteiger partial charge in [0.15, 0.2) is 0 Å². The Hall–Kier alpha value is -1.07. The largest absolute Gasteiger partial charge is 0.361 e. The van der Waals surface area contributed by atoms with Gasteiger partial charge in [0, 0.05) is 12.6 Å². The number of aryl methyl sites for hydroxylation is 2. The molecule has 1 aromatic heterocycles. The molecule has 5 nitrogen and oxygen atoms in total. The molecule has 2 rings (SSSR count). The van der Waals surface area contributed by atoms with Gasteiger partial charge in [-0.05, 0) is 39.7 Å². The van der Waals surface area contributed by atoms with Crippen LogP contribution in [-0.2, 0) is 0 Å². The number of amides is 1. The summed E-state index contributed by atoms with van der Waals surface area (Å²) in [5.74, 6) is 1.02. The number of carbonyl (C=O) groups excluding carboxylic acids is 1. The van der Waals surface area contributed by atoms with Crippen molar-refractivity contribution >= 4 is 18.3 Å². The van der Waals surface area contributed by atoms with Gasteiger partial charge in [-0.15, -0.1) is 12.4 Å². The summed E-state index contributed by atoms with van der Waals surface area (Å²) in [6.45, 7) is 7.00. The van der Waals surface area contributed by atoms with Gasteiger partial charge in [0.1, 0.15) is 11.3 Å². The van der Waals surface area contributed by atoms with Crippen molar-refractivity contribution in [3.8, 4) is 0 Å². The molecule has 1 aliphatic rings. The quantitative estimate of drug-likeness (QED) is 0.887. The van der Waals surface area contributed by atoms with Crippen molar-refractivity contribution in [1.29, 1.82) is 0 Å². The molecule has 0 saturated carbocycles. The van der Waals surface area contributed by atoms with E-state index in [1.807, 2.05) is 4.90 Å². The van der Waals surface area contributed by atoms with Crippen LogP contribution in [0.4, 0.5) is 0 Å². The Morgan fingerprint density at radius 2 is 2.22 bits per heavy atom. The van der Waals surface area contributed by atoms with E-state index in [0.29, 0.717) is 29.5 Å². The molecule has 2 heterocycles. The first-order valence-electron chi connectivity index (χ1n) is 5.98. The van der Waals surface area contributed by atoms with Crippen molar-refractivity contribution in [1.82, 2.24) is 10.1 Å². The molecule has 1 fully saturated rings. The van der Waals surface area contributed by atoms with Gasteiger partial charge in [0.05, 0.1) is 5.69 Å². The predicted molar refractivity (Wildman–Crippen MR) is 70.9 cm³/mol. The molecule has 1 saturated heterocycles. The molecule has 102 valence electrons. The lowest BCUT2D eigenvalue weighted by Crippen LogP contribution is -2.35. The minimum atomic E-state index is 0. The summed E-state index contributed by atoms with van der Waals surface area (Å²) in [7, 11) is 0. The van der Waals surface area contributed by atoms with E-state index in [-0.39, 0.29) is 24.4 Å². The second-order valence-electron chi connectivity index (χ2n) is 4.84. The summed E-state index contributed by atoms with van der Waals surface area (Å²) >= 11 is 0. The van der Waals surface area contributed by atoms with Gasteiger partial charge < -0.3 is 15.2 Å². The van der Waals surface area contributed by atoms with Gasteiger partial charge >= 0.3 is 0 Å². The molecule has 0 radical (unpaired) electrons. The van der Waals surface area contributed by atoms with Crippen LogP contribution in [0.5, 0.6) is 0 Å². The van der Waals surface area contributed by atoms with Crippen molar-refractivity contribution < 1.29 is 9.32 Å². The van der Waals surface area contributed by atoms with Gasteiger partial charge in [-0.1, -0.05) is 5.16 Å². The maximum absolute atomic E-state index is 12.4. The number of nitrogens with zero attached hydrogens (tertiary/aromatic N) is 2. The molecule has 2 N–H and O–H groups in total. The standard InChI is InChI=1S/C12H19N3O2.ClH/c1-7-4-10(5-13)6-15(7)12(16)11-8(2)14-17-9(11)3;/h7,10H,4-6,13H2,1-3H3;1H. The second-order valence-corrected chi connectivity index (χ2v) is 4.84. The number of hydrogen-bond donors (Lipinski definition) is 1. The lowest BCUT2D eigenvalue weighted by molar-refractivity contribution is 0.0741. The van der Waals surface area contributed by atoms with E-state index in [1.54, 1.807) is 13.8 Å². The third kappa shape index (κ3) is 2.52. The van der Waals surface area contributed by atoms with Crippen LogP contribution in [0.1, 0.15) is 35.2 Å². The monoisotopic (exact) mass is 273 g/mol. The maximum Gasteiger partial charge on any atom is 0.259 e. The smallest absolute Gasteiger partial charge is 0.259 e. The molecular formula is C12H20ClN3O2. The highest BCUT2D eigenvalue weighted by molar-refractivity contribution is 5.96. The highest BCUT2D eigenvalue weighted by atomic mass is 35.5. The first-order chi connectivity index (χ1) is 8.04. The molecule has 0 aliphatic carbocycles. The summed E-state index contributed by atoms with van der Waals surface area (Å²) in [6.07, 6.45) is 0.978. The van der Waals surface area contributed by atoms with E-state index in [2.05, 4.69) is 12.1 Å². The average Bonchev–Trinajstić information content (AvgIpc) is 2.82. The molecule has 2 unspecified atom stereocenters. The van der Waals surface area contributed by atoms with Gasteiger partial charge in [-0.25, -0.2) is 0 Å². The molecule has 1 amide bonds. The Kier molecular flexibility index (Phi) is 4.76. The number of hydrogen-bond acceptors (Lipinski definition) is 4. The minimum Gasteiger partial charge on any atom is -0.361 e. The topological polar surface area (TPSA) is 72.4 Å². The summed E-state index contributed by atoms with van der Waals surface area (Å²) in [4.78, 5) is 14.3. The molecule has 0 bridgehead atoms. The maximum atomic E-state index is 12.4. The molecule has 1 aromatic rings. The van der Waals surface area contributed by atoms with Crippen LogP contribution in [0.2, 0.25) is 0 Å². The lowest BCUT2D eigenvalue weighted by atomic mass is 10.1. The van der Waals surface area contributed by atoms with Crippen LogP contribution in [0.3, 0.4) is 0 Å². The number of carbonyl (C=O) groups is 1. The van der Waals surface area contributed by atoms with E-state index >= 15 is 0 Å². The molecule has 2 atom stereocenters. The fraction of sp³-hybridized carbons (Fsp3) is 0.667. The van der Waals surface area contributed by atoms with Crippen LogP contribution < -0.4 is 5.73 Å². The van der Waals surface area contributed by atoms with Crippen molar-refractivity contribution in [2.45, 2.75) is 33.2 Å². The highest BCUT2D eigenvalue weighted by Crippen LogP contribution is 2.26. The number of halogens is 1. The van der Waals surface area contributed by atoms with Crippen LogP contribution in [0.25, 0.3) is 0 Å². The molecule has 6 heteroatoms. The minimum absolute atomic E-state index is 0. The molecular weight excluding hydrogens is 254 g/mol. The zero-order valence-electron chi connectivity index (χ0n) is 11.0. The van der Waals surface area contributed by atoms with Crippen LogP contribution in [-0.4, -0.2) is 35.1 Å². The van der Waals surface area contributed by atoms with Crippen molar-refractivity contribution in [3.63, 3.8) is 0 Å². The van der Waals surface area contributed by atoms with E-state index in [1.165, 1.54) is 0 Å². The van der Waals surface area contributed by atoms with E-state index < -0.39 is 0 Å². The number of aromatic nitrogens is 1. The molecule has 18 heavy (non-hydrogen) atoms. The predicted octanol–water partition coefficient (Wildman–Crippen LogP) is 1.52. The first-order valence-corrected chi connectivity index (χ1v) is 5.98. The molecule has 0 spiro atoms. The lowest BCUT2D eigenvalue weighted by Gasteiger charge is -2.21. The average molecular weight is 274 g/mol. The molecule has 1 aliphatic heterocycles. The number of nitrogens with two attached hydrogens (primary N) is 1. The Bertz CT molecular complexity index is 413. The third-order valence-corrected chi connectivity index (χ3v) is 3.50. The van der Waals surface area contributed by atoms with Gasteiger partial charge in [0.2, 0.25) is 0 Å². The summed E-state index contributed by atoms with van der Waals surface area (Å²) in [5.41, 5.74) is 6.94. The summed E-state index contributed by atoms with van der Waals surface area (Å²) in [6, 6.07) is 0.241. The van der Waals surface area contributed by atoms with Crippen molar-refractivity contribution in [2.24, 2.45) is 11.7 Å². The van der Waals surface area contributed by atoms with Gasteiger partial charge in [-0.2, -0.15) is 0 Å². The van der Waals surface area contributed by atoms with Crippen LogP contribution in [0.15, 0.2) is 4.52 Å². The normalized spacial score (nSPS) is 23.0. The van der Waals surface area contributed by atoms with Gasteiger partial charge in [0.25, 0.3) is 5.91 Å². The first kappa shape index (κ1) is 15.0. The summed E-state index contributed by atoms with van der Waals surface area (Å²) in [5, 5.41) is 3.83. The van der Waals surface area contributed by atoms with Gasteiger partial charge in [-0.3, -0.25) is 4.79 Å². The van der Waals surface area contributed by atoms with Crippen LogP contribution >= 0.6 is 12.4 Å².